The third-order valence-electron chi connectivity index (χ3n) is 4.69. The van der Waals surface area contributed by atoms with Gasteiger partial charge in [-0.3, -0.25) is 14.8 Å². The molecule has 0 radical (unpaired) electrons. The predicted octanol–water partition coefficient (Wildman–Crippen LogP) is 2.65. The molecule has 128 valence electrons. The number of carbonyl (C=O) groups excluding carboxylic acids is 1. The van der Waals surface area contributed by atoms with E-state index in [2.05, 4.69) is 20.1 Å². The summed E-state index contributed by atoms with van der Waals surface area (Å²) in [7, 11) is 0. The third kappa shape index (κ3) is 2.86. The first-order chi connectivity index (χ1) is 12.1. The summed E-state index contributed by atoms with van der Waals surface area (Å²) < 4.78 is 5.25. The number of aryl methyl sites for hydroxylation is 2. The number of pyridine rings is 1. The number of likely N-dealkylation sites (tertiary alicyclic amines) is 1. The smallest absolute Gasteiger partial charge is 0.258 e. The van der Waals surface area contributed by atoms with Gasteiger partial charge in [0.25, 0.3) is 11.6 Å². The van der Waals surface area contributed by atoms with Crippen molar-refractivity contribution in [3.05, 3.63) is 47.3 Å². The normalized spacial score (nSPS) is 17.8. The van der Waals surface area contributed by atoms with E-state index in [1.807, 2.05) is 24.8 Å². The van der Waals surface area contributed by atoms with Crippen molar-refractivity contribution in [1.82, 2.24) is 25.0 Å². The highest BCUT2D eigenvalue weighted by atomic mass is 16.5. The Hall–Kier alpha value is -2.83. The molecule has 0 saturated carbocycles. The zero-order valence-corrected chi connectivity index (χ0v) is 14.3. The molecule has 1 fully saturated rings. The molecule has 0 bridgehead atoms. The van der Waals surface area contributed by atoms with Crippen molar-refractivity contribution in [2.45, 2.75) is 32.6 Å². The fourth-order valence-corrected chi connectivity index (χ4v) is 3.48. The molecule has 0 N–H and O–H groups in total. The van der Waals surface area contributed by atoms with Gasteiger partial charge in [-0.05, 0) is 32.8 Å². The van der Waals surface area contributed by atoms with Crippen molar-refractivity contribution in [1.29, 1.82) is 0 Å². The van der Waals surface area contributed by atoms with Gasteiger partial charge < -0.3 is 9.42 Å². The Labute approximate surface area is 145 Å². The molecule has 3 aromatic heterocycles. The Kier molecular flexibility index (Phi) is 3.91. The molecular weight excluding hydrogens is 318 g/mol. The molecule has 1 saturated heterocycles. The van der Waals surface area contributed by atoms with Crippen molar-refractivity contribution < 1.29 is 9.32 Å². The summed E-state index contributed by atoms with van der Waals surface area (Å²) in [4.78, 5) is 28.0. The van der Waals surface area contributed by atoms with Gasteiger partial charge in [0.05, 0.1) is 22.3 Å². The van der Waals surface area contributed by atoms with Crippen LogP contribution in [0, 0.1) is 13.8 Å². The molecule has 1 amide bonds. The van der Waals surface area contributed by atoms with Crippen LogP contribution in [-0.2, 0) is 0 Å². The number of amides is 1. The second kappa shape index (κ2) is 6.23. The highest BCUT2D eigenvalue weighted by Gasteiger charge is 2.28. The number of rotatable bonds is 2. The summed E-state index contributed by atoms with van der Waals surface area (Å²) in [6.45, 7) is 5.07. The van der Waals surface area contributed by atoms with Crippen molar-refractivity contribution >= 4 is 17.0 Å². The molecule has 1 aliphatic rings. The fourth-order valence-electron chi connectivity index (χ4n) is 3.48. The maximum atomic E-state index is 13.2. The molecule has 4 heterocycles. The lowest BCUT2D eigenvalue weighted by Gasteiger charge is -2.32. The van der Waals surface area contributed by atoms with Crippen LogP contribution in [0.25, 0.3) is 11.1 Å². The first-order valence-electron chi connectivity index (χ1n) is 8.42. The number of fused-ring (bicyclic) bond motifs is 1. The Morgan fingerprint density at radius 3 is 3.00 bits per heavy atom. The van der Waals surface area contributed by atoms with Gasteiger partial charge in [0, 0.05) is 43.3 Å². The lowest BCUT2D eigenvalue weighted by atomic mass is 9.94. The van der Waals surface area contributed by atoms with E-state index in [1.165, 1.54) is 0 Å². The lowest BCUT2D eigenvalue weighted by molar-refractivity contribution is 0.0707. The van der Waals surface area contributed by atoms with Gasteiger partial charge in [0.1, 0.15) is 0 Å². The van der Waals surface area contributed by atoms with E-state index in [0.29, 0.717) is 28.9 Å². The van der Waals surface area contributed by atoms with E-state index in [9.17, 15) is 4.79 Å². The summed E-state index contributed by atoms with van der Waals surface area (Å²) in [5.74, 6) is 0.212. The minimum atomic E-state index is -0.00427. The Balaban J connectivity index is 1.66. The van der Waals surface area contributed by atoms with Crippen LogP contribution in [0.2, 0.25) is 0 Å². The molecule has 4 rings (SSSR count). The van der Waals surface area contributed by atoms with E-state index >= 15 is 0 Å². The molecule has 0 unspecified atom stereocenters. The van der Waals surface area contributed by atoms with Gasteiger partial charge in [-0.15, -0.1) is 0 Å². The second-order valence-electron chi connectivity index (χ2n) is 6.48. The maximum Gasteiger partial charge on any atom is 0.258 e. The number of aromatic nitrogens is 4. The number of hydrogen-bond donors (Lipinski definition) is 0. The molecular formula is C18H19N5O2. The molecule has 3 aromatic rings. The van der Waals surface area contributed by atoms with Crippen LogP contribution in [0.5, 0.6) is 0 Å². The molecule has 1 aliphatic heterocycles. The summed E-state index contributed by atoms with van der Waals surface area (Å²) >= 11 is 0. The van der Waals surface area contributed by atoms with Crippen LogP contribution in [-0.4, -0.2) is 44.0 Å². The summed E-state index contributed by atoms with van der Waals surface area (Å²) in [6.07, 6.45) is 7.12. The second-order valence-corrected chi connectivity index (χ2v) is 6.48. The summed E-state index contributed by atoms with van der Waals surface area (Å²) in [6, 6.07) is 1.82. The Bertz CT molecular complexity index is 922. The van der Waals surface area contributed by atoms with Crippen LogP contribution < -0.4 is 0 Å². The van der Waals surface area contributed by atoms with Crippen LogP contribution in [0.4, 0.5) is 0 Å². The quantitative estimate of drug-likeness (QED) is 0.715. The van der Waals surface area contributed by atoms with Crippen LogP contribution >= 0.6 is 0 Å². The molecule has 0 aromatic carbocycles. The predicted molar refractivity (Wildman–Crippen MR) is 91.2 cm³/mol. The topological polar surface area (TPSA) is 85.0 Å². The van der Waals surface area contributed by atoms with E-state index < -0.39 is 0 Å². The van der Waals surface area contributed by atoms with Gasteiger partial charge in [-0.2, -0.15) is 0 Å². The SMILES string of the molecule is Cc1cc(C(=O)N2CCC[C@H](c3cnccn3)C2)c2c(C)noc2n1. The largest absolute Gasteiger partial charge is 0.338 e. The van der Waals surface area contributed by atoms with Gasteiger partial charge >= 0.3 is 0 Å². The van der Waals surface area contributed by atoms with Crippen LogP contribution in [0.3, 0.4) is 0 Å². The molecule has 1 atom stereocenters. The zero-order chi connectivity index (χ0) is 17.4. The average molecular weight is 337 g/mol. The third-order valence-corrected chi connectivity index (χ3v) is 4.69. The van der Waals surface area contributed by atoms with Crippen molar-refractivity contribution in [2.75, 3.05) is 13.1 Å². The van der Waals surface area contributed by atoms with Crippen molar-refractivity contribution in [2.24, 2.45) is 0 Å². The lowest BCUT2D eigenvalue weighted by Crippen LogP contribution is -2.39. The number of piperidine rings is 1. The Morgan fingerprint density at radius 1 is 1.32 bits per heavy atom. The zero-order valence-electron chi connectivity index (χ0n) is 14.3. The number of carbonyl (C=O) groups is 1. The Morgan fingerprint density at radius 2 is 2.20 bits per heavy atom. The number of nitrogens with zero attached hydrogens (tertiary/aromatic N) is 5. The minimum absolute atomic E-state index is 0.00427. The van der Waals surface area contributed by atoms with E-state index in [0.717, 1.165) is 30.8 Å². The highest BCUT2D eigenvalue weighted by Crippen LogP contribution is 2.28. The van der Waals surface area contributed by atoms with Gasteiger partial charge in [-0.1, -0.05) is 5.16 Å². The monoisotopic (exact) mass is 337 g/mol. The fraction of sp³-hybridized carbons (Fsp3) is 0.389. The van der Waals surface area contributed by atoms with E-state index in [4.69, 9.17) is 4.52 Å². The molecule has 0 spiro atoms. The number of hydrogen-bond acceptors (Lipinski definition) is 6. The van der Waals surface area contributed by atoms with E-state index in [1.54, 1.807) is 18.6 Å². The van der Waals surface area contributed by atoms with Crippen molar-refractivity contribution in [3.63, 3.8) is 0 Å². The van der Waals surface area contributed by atoms with Crippen LogP contribution in [0.1, 0.15) is 46.2 Å². The first-order valence-corrected chi connectivity index (χ1v) is 8.42. The molecule has 0 aliphatic carbocycles. The van der Waals surface area contributed by atoms with Gasteiger partial charge in [0.2, 0.25) is 0 Å². The first kappa shape index (κ1) is 15.7. The maximum absolute atomic E-state index is 13.2. The molecule has 7 nitrogen and oxygen atoms in total. The standard InChI is InChI=1S/C18H19N5O2/c1-11-8-14(16-12(2)22-25-17(16)21-11)18(24)23-7-3-4-13(10-23)15-9-19-5-6-20-15/h5-6,8-9,13H,3-4,7,10H2,1-2H3/t13-/m0/s1. The van der Waals surface area contributed by atoms with E-state index in [-0.39, 0.29) is 11.8 Å². The van der Waals surface area contributed by atoms with Crippen molar-refractivity contribution in [3.8, 4) is 0 Å². The average Bonchev–Trinajstić information content (AvgIpc) is 3.02. The summed E-state index contributed by atoms with van der Waals surface area (Å²) in [5, 5.41) is 4.67. The molecule has 25 heavy (non-hydrogen) atoms. The van der Waals surface area contributed by atoms with Crippen LogP contribution in [0.15, 0.2) is 29.2 Å². The minimum Gasteiger partial charge on any atom is -0.338 e. The van der Waals surface area contributed by atoms with Gasteiger partial charge in [0.15, 0.2) is 0 Å². The highest BCUT2D eigenvalue weighted by molar-refractivity contribution is 6.06. The molecule has 7 heteroatoms. The summed E-state index contributed by atoms with van der Waals surface area (Å²) in [5.41, 5.74) is 3.41. The van der Waals surface area contributed by atoms with Gasteiger partial charge in [-0.25, -0.2) is 4.98 Å².